The van der Waals surface area contributed by atoms with Crippen molar-refractivity contribution in [1.82, 2.24) is 5.32 Å². The molecule has 1 aromatic rings. The van der Waals surface area contributed by atoms with E-state index < -0.39 is 0 Å². The van der Waals surface area contributed by atoms with Crippen LogP contribution in [0.2, 0.25) is 0 Å². The summed E-state index contributed by atoms with van der Waals surface area (Å²) in [5, 5.41) is 4.16. The Morgan fingerprint density at radius 3 is 2.78 bits per heavy atom. The number of benzene rings is 1. The van der Waals surface area contributed by atoms with E-state index in [1.807, 2.05) is 0 Å². The largest absolute Gasteiger partial charge is 0.497 e. The molecule has 1 aliphatic rings. The summed E-state index contributed by atoms with van der Waals surface area (Å²) in [7, 11) is 3.78. The molecule has 1 aliphatic heterocycles. The fourth-order valence-electron chi connectivity index (χ4n) is 2.36. The first-order valence-corrected chi connectivity index (χ1v) is 8.47. The summed E-state index contributed by atoms with van der Waals surface area (Å²) in [6.07, 6.45) is 0. The lowest BCUT2D eigenvalue weighted by Crippen LogP contribution is -2.32. The third-order valence-corrected chi connectivity index (χ3v) is 6.20. The maximum Gasteiger partial charge on any atom is 0.119 e. The molecule has 1 saturated heterocycles. The van der Waals surface area contributed by atoms with E-state index in [9.17, 15) is 0 Å². The van der Waals surface area contributed by atoms with Gasteiger partial charge in [-0.1, -0.05) is 6.07 Å². The van der Waals surface area contributed by atoms with Gasteiger partial charge in [-0.05, 0) is 37.2 Å². The number of aryl methyl sites for hydroxylation is 1. The molecule has 0 spiro atoms. The summed E-state index contributed by atoms with van der Waals surface area (Å²) in [5.41, 5.74) is 2.71. The van der Waals surface area contributed by atoms with E-state index in [2.05, 4.69) is 61.0 Å². The molecule has 2 unspecified atom stereocenters. The van der Waals surface area contributed by atoms with E-state index in [4.69, 9.17) is 4.74 Å². The van der Waals surface area contributed by atoms with Crippen LogP contribution >= 0.6 is 23.5 Å². The van der Waals surface area contributed by atoms with Crippen LogP contribution in [-0.2, 0) is 0 Å². The van der Waals surface area contributed by atoms with Crippen LogP contribution in [0.3, 0.4) is 0 Å². The first kappa shape index (κ1) is 14.1. The Morgan fingerprint density at radius 1 is 1.39 bits per heavy atom. The van der Waals surface area contributed by atoms with Crippen molar-refractivity contribution in [3.63, 3.8) is 0 Å². The van der Waals surface area contributed by atoms with Gasteiger partial charge < -0.3 is 10.1 Å². The molecular formula is C14H21NOS2. The summed E-state index contributed by atoms with van der Waals surface area (Å²) < 4.78 is 5.28. The molecule has 2 rings (SSSR count). The Kier molecular flexibility index (Phi) is 5.27. The van der Waals surface area contributed by atoms with Gasteiger partial charge in [-0.15, -0.1) is 0 Å². The van der Waals surface area contributed by atoms with Gasteiger partial charge in [0.25, 0.3) is 0 Å². The monoisotopic (exact) mass is 283 g/mol. The zero-order valence-electron chi connectivity index (χ0n) is 11.2. The molecular weight excluding hydrogens is 262 g/mol. The molecule has 0 bridgehead atoms. The highest BCUT2D eigenvalue weighted by Crippen LogP contribution is 2.35. The standard InChI is InChI=1S/C14H21NOS2/c1-10-8-11(16-3)4-5-12(10)14(15-2)13-9-17-6-7-18-13/h4-5,8,13-15H,6-7,9H2,1-3H3. The lowest BCUT2D eigenvalue weighted by Gasteiger charge is -2.30. The highest BCUT2D eigenvalue weighted by molar-refractivity contribution is 8.06. The molecule has 2 atom stereocenters. The Labute approximate surface area is 118 Å². The molecule has 0 amide bonds. The molecule has 4 heteroatoms. The van der Waals surface area contributed by atoms with E-state index in [1.165, 1.54) is 28.4 Å². The molecule has 18 heavy (non-hydrogen) atoms. The fourth-order valence-corrected chi connectivity index (χ4v) is 5.26. The average Bonchev–Trinajstić information content (AvgIpc) is 2.42. The molecule has 0 aliphatic carbocycles. The van der Waals surface area contributed by atoms with E-state index in [0.717, 1.165) is 5.75 Å². The maximum atomic E-state index is 5.28. The number of hydrogen-bond donors (Lipinski definition) is 1. The summed E-state index contributed by atoms with van der Waals surface area (Å²) in [4.78, 5) is 0. The summed E-state index contributed by atoms with van der Waals surface area (Å²) in [6.45, 7) is 2.17. The Bertz CT molecular complexity index is 391. The number of thioether (sulfide) groups is 2. The van der Waals surface area contributed by atoms with Crippen LogP contribution in [0.1, 0.15) is 17.2 Å². The van der Waals surface area contributed by atoms with Crippen molar-refractivity contribution in [3.05, 3.63) is 29.3 Å². The molecule has 1 heterocycles. The van der Waals surface area contributed by atoms with Crippen LogP contribution in [0.5, 0.6) is 5.75 Å². The zero-order chi connectivity index (χ0) is 13.0. The van der Waals surface area contributed by atoms with Crippen LogP contribution in [0.4, 0.5) is 0 Å². The lowest BCUT2D eigenvalue weighted by molar-refractivity contribution is 0.414. The number of ether oxygens (including phenoxy) is 1. The second-order valence-electron chi connectivity index (χ2n) is 4.47. The van der Waals surface area contributed by atoms with Gasteiger partial charge in [0, 0.05) is 28.6 Å². The normalized spacial score (nSPS) is 21.6. The number of rotatable bonds is 4. The third-order valence-electron chi connectivity index (χ3n) is 3.34. The maximum absolute atomic E-state index is 5.28. The molecule has 1 aromatic carbocycles. The van der Waals surface area contributed by atoms with E-state index in [1.54, 1.807) is 7.11 Å². The summed E-state index contributed by atoms with van der Waals surface area (Å²) >= 11 is 4.16. The minimum atomic E-state index is 0.439. The fraction of sp³-hybridized carbons (Fsp3) is 0.571. The van der Waals surface area contributed by atoms with Gasteiger partial charge >= 0.3 is 0 Å². The second kappa shape index (κ2) is 6.73. The van der Waals surface area contributed by atoms with Gasteiger partial charge in [0.1, 0.15) is 5.75 Å². The van der Waals surface area contributed by atoms with E-state index in [0.29, 0.717) is 11.3 Å². The Hall–Kier alpha value is -0.320. The van der Waals surface area contributed by atoms with Crippen LogP contribution in [0, 0.1) is 6.92 Å². The number of nitrogens with one attached hydrogen (secondary N) is 1. The topological polar surface area (TPSA) is 21.3 Å². The van der Waals surface area contributed by atoms with Crippen molar-refractivity contribution in [2.45, 2.75) is 18.2 Å². The van der Waals surface area contributed by atoms with Crippen molar-refractivity contribution in [3.8, 4) is 5.75 Å². The molecule has 1 N–H and O–H groups in total. The van der Waals surface area contributed by atoms with Crippen molar-refractivity contribution < 1.29 is 4.74 Å². The number of hydrogen-bond acceptors (Lipinski definition) is 4. The minimum Gasteiger partial charge on any atom is -0.497 e. The molecule has 2 nitrogen and oxygen atoms in total. The SMILES string of the molecule is CNC(c1ccc(OC)cc1C)C1CSCCS1. The predicted molar refractivity (Wildman–Crippen MR) is 83.1 cm³/mol. The smallest absolute Gasteiger partial charge is 0.119 e. The van der Waals surface area contributed by atoms with Crippen molar-refractivity contribution in [1.29, 1.82) is 0 Å². The summed E-state index contributed by atoms with van der Waals surface area (Å²) in [6, 6.07) is 6.83. The van der Waals surface area contributed by atoms with Gasteiger partial charge in [-0.3, -0.25) is 0 Å². The van der Waals surface area contributed by atoms with Gasteiger partial charge in [0.05, 0.1) is 7.11 Å². The first-order chi connectivity index (χ1) is 8.76. The van der Waals surface area contributed by atoms with Crippen LogP contribution < -0.4 is 10.1 Å². The van der Waals surface area contributed by atoms with E-state index >= 15 is 0 Å². The first-order valence-electron chi connectivity index (χ1n) is 6.27. The zero-order valence-corrected chi connectivity index (χ0v) is 12.9. The average molecular weight is 283 g/mol. The van der Waals surface area contributed by atoms with Crippen LogP contribution in [-0.4, -0.2) is 36.7 Å². The quantitative estimate of drug-likeness (QED) is 0.916. The summed E-state index contributed by atoms with van der Waals surface area (Å²) in [5.74, 6) is 4.74. The van der Waals surface area contributed by atoms with Gasteiger partial charge in [0.15, 0.2) is 0 Å². The molecule has 0 saturated carbocycles. The van der Waals surface area contributed by atoms with Crippen molar-refractivity contribution >= 4 is 23.5 Å². The highest BCUT2D eigenvalue weighted by atomic mass is 32.2. The number of methoxy groups -OCH3 is 1. The Balaban J connectivity index is 2.20. The minimum absolute atomic E-state index is 0.439. The van der Waals surface area contributed by atoms with Gasteiger partial charge in [-0.25, -0.2) is 0 Å². The van der Waals surface area contributed by atoms with E-state index in [-0.39, 0.29) is 0 Å². The van der Waals surface area contributed by atoms with Crippen molar-refractivity contribution in [2.24, 2.45) is 0 Å². The second-order valence-corrected chi connectivity index (χ2v) is 6.97. The van der Waals surface area contributed by atoms with Crippen molar-refractivity contribution in [2.75, 3.05) is 31.4 Å². The predicted octanol–water partition coefficient (Wildman–Crippen LogP) is 3.11. The van der Waals surface area contributed by atoms with Crippen LogP contribution in [0.25, 0.3) is 0 Å². The molecule has 1 fully saturated rings. The van der Waals surface area contributed by atoms with Crippen LogP contribution in [0.15, 0.2) is 18.2 Å². The molecule has 0 aromatic heterocycles. The van der Waals surface area contributed by atoms with Gasteiger partial charge in [0.2, 0.25) is 0 Å². The third kappa shape index (κ3) is 3.16. The Morgan fingerprint density at radius 2 is 2.22 bits per heavy atom. The highest BCUT2D eigenvalue weighted by Gasteiger charge is 2.25. The molecule has 100 valence electrons. The van der Waals surface area contributed by atoms with Gasteiger partial charge in [-0.2, -0.15) is 23.5 Å². The lowest BCUT2D eigenvalue weighted by atomic mass is 9.99. The molecule has 0 radical (unpaired) electrons.